The van der Waals surface area contributed by atoms with Gasteiger partial charge in [-0.25, -0.2) is 4.98 Å². The maximum atomic E-state index is 12.2. The molecule has 0 bridgehead atoms. The van der Waals surface area contributed by atoms with Crippen LogP contribution in [0.25, 0.3) is 10.2 Å². The van der Waals surface area contributed by atoms with Gasteiger partial charge in [0.1, 0.15) is 5.60 Å². The minimum atomic E-state index is -1.06. The van der Waals surface area contributed by atoms with Crippen molar-refractivity contribution in [3.63, 3.8) is 0 Å². The number of thiophene rings is 1. The molecule has 2 aromatic heterocycles. The number of rotatable bonds is 4. The zero-order valence-corrected chi connectivity index (χ0v) is 13.0. The third-order valence-electron chi connectivity index (χ3n) is 3.24. The number of hydrogen-bond acceptors (Lipinski definition) is 5. The molecule has 1 amide bonds. The van der Waals surface area contributed by atoms with Crippen molar-refractivity contribution in [1.82, 2.24) is 10.3 Å². The molecular formula is C15H14N2O2S2. The van der Waals surface area contributed by atoms with Gasteiger partial charge in [-0.1, -0.05) is 6.07 Å². The first-order valence-corrected chi connectivity index (χ1v) is 8.20. The summed E-state index contributed by atoms with van der Waals surface area (Å²) in [7, 11) is 0. The smallest absolute Gasteiger partial charge is 0.251 e. The fourth-order valence-electron chi connectivity index (χ4n) is 2.02. The molecule has 6 heteroatoms. The topological polar surface area (TPSA) is 62.2 Å². The SMILES string of the molecule is C[C@](O)(CNC(=O)c1ccc2ncsc2c1)c1cccs1. The number of amides is 1. The van der Waals surface area contributed by atoms with Gasteiger partial charge in [-0.3, -0.25) is 4.79 Å². The van der Waals surface area contributed by atoms with Gasteiger partial charge in [0.05, 0.1) is 22.3 Å². The number of benzene rings is 1. The molecule has 0 aliphatic heterocycles. The molecule has 108 valence electrons. The van der Waals surface area contributed by atoms with Crippen LogP contribution in [-0.4, -0.2) is 22.5 Å². The Morgan fingerprint density at radius 3 is 3.00 bits per heavy atom. The molecule has 0 radical (unpaired) electrons. The van der Waals surface area contributed by atoms with Gasteiger partial charge in [0.2, 0.25) is 0 Å². The Balaban J connectivity index is 1.71. The van der Waals surface area contributed by atoms with E-state index in [4.69, 9.17) is 0 Å². The molecule has 2 heterocycles. The highest BCUT2D eigenvalue weighted by Gasteiger charge is 2.25. The second-order valence-electron chi connectivity index (χ2n) is 4.97. The Morgan fingerprint density at radius 2 is 2.24 bits per heavy atom. The molecule has 21 heavy (non-hydrogen) atoms. The summed E-state index contributed by atoms with van der Waals surface area (Å²) in [5.74, 6) is -0.192. The molecular weight excluding hydrogens is 304 g/mol. The third kappa shape index (κ3) is 2.97. The van der Waals surface area contributed by atoms with E-state index in [0.717, 1.165) is 15.1 Å². The lowest BCUT2D eigenvalue weighted by atomic mass is 10.1. The molecule has 0 aliphatic rings. The quantitative estimate of drug-likeness (QED) is 0.777. The molecule has 1 atom stereocenters. The summed E-state index contributed by atoms with van der Waals surface area (Å²) in [6, 6.07) is 9.14. The molecule has 4 nitrogen and oxygen atoms in total. The van der Waals surface area contributed by atoms with Crippen LogP contribution in [0, 0.1) is 0 Å². The molecule has 3 rings (SSSR count). The number of thiazole rings is 1. The highest BCUT2D eigenvalue weighted by atomic mass is 32.1. The van der Waals surface area contributed by atoms with Crippen LogP contribution in [-0.2, 0) is 5.60 Å². The van der Waals surface area contributed by atoms with Crippen LogP contribution >= 0.6 is 22.7 Å². The highest BCUT2D eigenvalue weighted by molar-refractivity contribution is 7.16. The summed E-state index contributed by atoms with van der Waals surface area (Å²) in [5, 5.41) is 15.1. The minimum Gasteiger partial charge on any atom is -0.383 e. The van der Waals surface area contributed by atoms with Crippen LogP contribution < -0.4 is 5.32 Å². The van der Waals surface area contributed by atoms with Gasteiger partial charge in [0, 0.05) is 10.4 Å². The fourth-order valence-corrected chi connectivity index (χ4v) is 3.53. The predicted octanol–water partition coefficient (Wildman–Crippen LogP) is 3.00. The fraction of sp³-hybridized carbons (Fsp3) is 0.200. The van der Waals surface area contributed by atoms with Gasteiger partial charge in [0.25, 0.3) is 5.91 Å². The molecule has 0 saturated carbocycles. The van der Waals surface area contributed by atoms with E-state index in [2.05, 4.69) is 10.3 Å². The zero-order valence-electron chi connectivity index (χ0n) is 11.4. The van der Waals surface area contributed by atoms with E-state index in [1.54, 1.807) is 18.5 Å². The molecule has 0 spiro atoms. The average Bonchev–Trinajstić information content (AvgIpc) is 3.14. The predicted molar refractivity (Wildman–Crippen MR) is 85.8 cm³/mol. The highest BCUT2D eigenvalue weighted by Crippen LogP contribution is 2.24. The number of aromatic nitrogens is 1. The summed E-state index contributed by atoms with van der Waals surface area (Å²) in [4.78, 5) is 17.2. The zero-order chi connectivity index (χ0) is 14.9. The van der Waals surface area contributed by atoms with Crippen molar-refractivity contribution < 1.29 is 9.90 Å². The second-order valence-corrected chi connectivity index (χ2v) is 6.80. The summed E-state index contributed by atoms with van der Waals surface area (Å²) >= 11 is 2.97. The van der Waals surface area contributed by atoms with Gasteiger partial charge in [0.15, 0.2) is 0 Å². The van der Waals surface area contributed by atoms with E-state index >= 15 is 0 Å². The number of hydrogen-bond donors (Lipinski definition) is 2. The van der Waals surface area contributed by atoms with Gasteiger partial charge in [-0.05, 0) is 36.6 Å². The molecule has 2 N–H and O–H groups in total. The second kappa shape index (κ2) is 5.55. The van der Waals surface area contributed by atoms with Crippen molar-refractivity contribution >= 4 is 38.8 Å². The van der Waals surface area contributed by atoms with Crippen LogP contribution in [0.5, 0.6) is 0 Å². The number of carbonyl (C=O) groups excluding carboxylic acids is 1. The molecule has 1 aromatic carbocycles. The first kappa shape index (κ1) is 14.2. The van der Waals surface area contributed by atoms with E-state index in [-0.39, 0.29) is 12.5 Å². The normalized spacial score (nSPS) is 14.0. The number of carbonyl (C=O) groups is 1. The van der Waals surface area contributed by atoms with Crippen LogP contribution in [0.1, 0.15) is 22.2 Å². The largest absolute Gasteiger partial charge is 0.383 e. The van der Waals surface area contributed by atoms with Crippen molar-refractivity contribution in [3.05, 3.63) is 51.7 Å². The monoisotopic (exact) mass is 318 g/mol. The van der Waals surface area contributed by atoms with Gasteiger partial charge in [-0.2, -0.15) is 0 Å². The van der Waals surface area contributed by atoms with E-state index in [0.29, 0.717) is 5.56 Å². The first-order valence-electron chi connectivity index (χ1n) is 6.44. The lowest BCUT2D eigenvalue weighted by molar-refractivity contribution is 0.0557. The number of nitrogens with one attached hydrogen (secondary N) is 1. The molecule has 0 unspecified atom stereocenters. The van der Waals surface area contributed by atoms with Crippen LogP contribution in [0.15, 0.2) is 41.2 Å². The van der Waals surface area contributed by atoms with E-state index in [1.807, 2.05) is 29.6 Å². The Bertz CT molecular complexity index is 763. The minimum absolute atomic E-state index is 0.174. The van der Waals surface area contributed by atoms with Crippen LogP contribution in [0.4, 0.5) is 0 Å². The van der Waals surface area contributed by atoms with Gasteiger partial charge >= 0.3 is 0 Å². The Kier molecular flexibility index (Phi) is 3.75. The van der Waals surface area contributed by atoms with Gasteiger partial charge in [-0.15, -0.1) is 22.7 Å². The summed E-state index contributed by atoms with van der Waals surface area (Å²) in [6.07, 6.45) is 0. The standard InChI is InChI=1S/C15H14N2O2S2/c1-15(19,13-3-2-6-20-13)8-16-14(18)10-4-5-11-12(7-10)21-9-17-11/h2-7,9,19H,8H2,1H3,(H,16,18)/t15-/m0/s1. The van der Waals surface area contributed by atoms with E-state index < -0.39 is 5.60 Å². The molecule has 3 aromatic rings. The number of nitrogens with zero attached hydrogens (tertiary/aromatic N) is 1. The molecule has 0 fully saturated rings. The van der Waals surface area contributed by atoms with Crippen LogP contribution in [0.3, 0.4) is 0 Å². The Labute approximate surface area is 130 Å². The van der Waals surface area contributed by atoms with Crippen molar-refractivity contribution in [2.75, 3.05) is 6.54 Å². The lowest BCUT2D eigenvalue weighted by Crippen LogP contribution is -2.38. The maximum absolute atomic E-state index is 12.2. The third-order valence-corrected chi connectivity index (χ3v) is 5.15. The Hall–Kier alpha value is -1.76. The van der Waals surface area contributed by atoms with Crippen molar-refractivity contribution in [1.29, 1.82) is 0 Å². The van der Waals surface area contributed by atoms with Gasteiger partial charge < -0.3 is 10.4 Å². The Morgan fingerprint density at radius 1 is 1.38 bits per heavy atom. The maximum Gasteiger partial charge on any atom is 0.251 e. The van der Waals surface area contributed by atoms with Crippen molar-refractivity contribution in [2.24, 2.45) is 0 Å². The number of fused-ring (bicyclic) bond motifs is 1. The van der Waals surface area contributed by atoms with Crippen molar-refractivity contribution in [2.45, 2.75) is 12.5 Å². The number of aliphatic hydroxyl groups is 1. The molecule has 0 saturated heterocycles. The average molecular weight is 318 g/mol. The molecule has 0 aliphatic carbocycles. The summed E-state index contributed by atoms with van der Waals surface area (Å²) < 4.78 is 0.979. The summed E-state index contributed by atoms with van der Waals surface area (Å²) in [6.45, 7) is 1.87. The van der Waals surface area contributed by atoms with E-state index in [9.17, 15) is 9.90 Å². The lowest BCUT2D eigenvalue weighted by Gasteiger charge is -2.22. The first-order chi connectivity index (χ1) is 10.1. The summed E-state index contributed by atoms with van der Waals surface area (Å²) in [5.41, 5.74) is 2.17. The van der Waals surface area contributed by atoms with E-state index in [1.165, 1.54) is 22.7 Å². The van der Waals surface area contributed by atoms with Crippen molar-refractivity contribution in [3.8, 4) is 0 Å². The van der Waals surface area contributed by atoms with Crippen LogP contribution in [0.2, 0.25) is 0 Å².